The largest absolute Gasteiger partial charge is 0.381 e. The Hall–Kier alpha value is -1.37. The molecule has 6 heteroatoms. The Balaban J connectivity index is 2.21. The summed E-state index contributed by atoms with van der Waals surface area (Å²) >= 11 is 1.76. The maximum atomic E-state index is 11.5. The van der Waals surface area contributed by atoms with Crippen molar-refractivity contribution in [1.82, 2.24) is 0 Å². The van der Waals surface area contributed by atoms with Gasteiger partial charge in [0.1, 0.15) is 0 Å². The van der Waals surface area contributed by atoms with E-state index in [9.17, 15) is 8.42 Å². The minimum atomic E-state index is -3.68. The van der Waals surface area contributed by atoms with Crippen molar-refractivity contribution >= 4 is 27.0 Å². The predicted molar refractivity (Wildman–Crippen MR) is 83.7 cm³/mol. The fraction of sp³-hybridized carbons (Fsp3) is 0.286. The van der Waals surface area contributed by atoms with Gasteiger partial charge < -0.3 is 5.32 Å². The molecule has 0 aliphatic carbocycles. The molecule has 1 aromatic carbocycles. The van der Waals surface area contributed by atoms with Crippen LogP contribution in [-0.2, 0) is 16.6 Å². The number of primary sulfonamides is 1. The molecule has 3 N–H and O–H groups in total. The summed E-state index contributed by atoms with van der Waals surface area (Å²) in [5.74, 6) is 0. The first-order valence-electron chi connectivity index (χ1n) is 6.20. The lowest BCUT2D eigenvalue weighted by molar-refractivity contribution is 0.597. The fourth-order valence-electron chi connectivity index (χ4n) is 2.07. The van der Waals surface area contributed by atoms with Crippen LogP contribution in [0.25, 0.3) is 0 Å². The van der Waals surface area contributed by atoms with E-state index in [-0.39, 0.29) is 4.90 Å². The summed E-state index contributed by atoms with van der Waals surface area (Å²) < 4.78 is 23.0. The first kappa shape index (κ1) is 15.0. The molecule has 0 saturated carbocycles. The molecule has 20 heavy (non-hydrogen) atoms. The van der Waals surface area contributed by atoms with E-state index in [1.807, 2.05) is 6.07 Å². The van der Waals surface area contributed by atoms with Gasteiger partial charge in [0.2, 0.25) is 10.0 Å². The van der Waals surface area contributed by atoms with E-state index in [2.05, 4.69) is 25.2 Å². The average Bonchev–Trinajstić information content (AvgIpc) is 2.65. The van der Waals surface area contributed by atoms with Gasteiger partial charge in [0.25, 0.3) is 0 Å². The summed E-state index contributed by atoms with van der Waals surface area (Å²) in [6, 6.07) is 7.34. The summed E-state index contributed by atoms with van der Waals surface area (Å²) in [6.45, 7) is 6.56. The Bertz CT molecular complexity index is 734. The molecule has 0 aliphatic heterocycles. The number of benzene rings is 1. The SMILES string of the molecule is Cc1cc(CNc2ccc(C)c(S(N)(=O)=O)c2)c(C)s1. The molecule has 4 nitrogen and oxygen atoms in total. The van der Waals surface area contributed by atoms with E-state index in [0.717, 1.165) is 5.69 Å². The molecule has 2 aromatic rings. The lowest BCUT2D eigenvalue weighted by atomic mass is 10.2. The Morgan fingerprint density at radius 2 is 1.90 bits per heavy atom. The summed E-state index contributed by atoms with van der Waals surface area (Å²) in [4.78, 5) is 2.71. The number of thiophene rings is 1. The highest BCUT2D eigenvalue weighted by atomic mass is 32.2. The van der Waals surface area contributed by atoms with Crippen molar-refractivity contribution in [2.75, 3.05) is 5.32 Å². The van der Waals surface area contributed by atoms with E-state index < -0.39 is 10.0 Å². The van der Waals surface area contributed by atoms with E-state index in [1.54, 1.807) is 30.4 Å². The number of anilines is 1. The molecule has 0 spiro atoms. The van der Waals surface area contributed by atoms with Crippen LogP contribution in [0.2, 0.25) is 0 Å². The average molecular weight is 310 g/mol. The zero-order chi connectivity index (χ0) is 14.9. The van der Waals surface area contributed by atoms with Gasteiger partial charge in [-0.05, 0) is 50.1 Å². The fourth-order valence-corrected chi connectivity index (χ4v) is 3.83. The molecule has 0 aliphatic rings. The summed E-state index contributed by atoms with van der Waals surface area (Å²) in [7, 11) is -3.68. The van der Waals surface area contributed by atoms with Crippen LogP contribution in [0.3, 0.4) is 0 Å². The molecular formula is C14H18N2O2S2. The van der Waals surface area contributed by atoms with Crippen molar-refractivity contribution in [2.24, 2.45) is 5.14 Å². The Morgan fingerprint density at radius 3 is 2.45 bits per heavy atom. The van der Waals surface area contributed by atoms with E-state index in [1.165, 1.54) is 15.3 Å². The van der Waals surface area contributed by atoms with Crippen LogP contribution >= 0.6 is 11.3 Å². The third-order valence-corrected chi connectivity index (χ3v) is 5.18. The minimum Gasteiger partial charge on any atom is -0.381 e. The minimum absolute atomic E-state index is 0.167. The van der Waals surface area contributed by atoms with Crippen LogP contribution in [-0.4, -0.2) is 8.42 Å². The molecule has 108 valence electrons. The van der Waals surface area contributed by atoms with Crippen LogP contribution in [0.5, 0.6) is 0 Å². The van der Waals surface area contributed by atoms with Crippen molar-refractivity contribution in [3.05, 3.63) is 45.1 Å². The van der Waals surface area contributed by atoms with Crippen molar-refractivity contribution in [3.63, 3.8) is 0 Å². The molecular weight excluding hydrogens is 292 g/mol. The van der Waals surface area contributed by atoms with Gasteiger partial charge in [-0.15, -0.1) is 11.3 Å². The molecule has 1 aromatic heterocycles. The molecule has 0 bridgehead atoms. The molecule has 1 heterocycles. The Kier molecular flexibility index (Phi) is 4.17. The molecule has 0 amide bonds. The number of hydrogen-bond donors (Lipinski definition) is 2. The third-order valence-electron chi connectivity index (χ3n) is 3.12. The highest BCUT2D eigenvalue weighted by molar-refractivity contribution is 7.89. The lowest BCUT2D eigenvalue weighted by Crippen LogP contribution is -2.14. The Labute approximate surface area is 123 Å². The first-order chi connectivity index (χ1) is 9.27. The van der Waals surface area contributed by atoms with Gasteiger partial charge in [-0.25, -0.2) is 13.6 Å². The topological polar surface area (TPSA) is 72.2 Å². The number of hydrogen-bond acceptors (Lipinski definition) is 4. The second-order valence-corrected chi connectivity index (χ2v) is 7.81. The maximum Gasteiger partial charge on any atom is 0.238 e. The Morgan fingerprint density at radius 1 is 1.20 bits per heavy atom. The van der Waals surface area contributed by atoms with E-state index in [0.29, 0.717) is 12.1 Å². The zero-order valence-electron chi connectivity index (χ0n) is 11.7. The summed E-state index contributed by atoms with van der Waals surface area (Å²) in [5, 5.41) is 8.45. The standard InChI is InChI=1S/C14H18N2O2S2/c1-9-4-5-13(7-14(9)20(15,17)18)16-8-12-6-10(2)19-11(12)3/h4-7,16H,8H2,1-3H3,(H2,15,17,18). The van der Waals surface area contributed by atoms with Crippen molar-refractivity contribution in [3.8, 4) is 0 Å². The quantitative estimate of drug-likeness (QED) is 0.912. The van der Waals surface area contributed by atoms with Gasteiger partial charge >= 0.3 is 0 Å². The molecule has 0 unspecified atom stereocenters. The number of rotatable bonds is 4. The summed E-state index contributed by atoms with van der Waals surface area (Å²) in [6.07, 6.45) is 0. The van der Waals surface area contributed by atoms with Gasteiger partial charge in [-0.3, -0.25) is 0 Å². The lowest BCUT2D eigenvalue weighted by Gasteiger charge is -2.09. The number of nitrogens with two attached hydrogens (primary N) is 1. The van der Waals surface area contributed by atoms with Gasteiger partial charge in [-0.2, -0.15) is 0 Å². The second-order valence-electron chi connectivity index (χ2n) is 4.82. The number of nitrogens with one attached hydrogen (secondary N) is 1. The molecule has 2 rings (SSSR count). The van der Waals surface area contributed by atoms with Crippen LogP contribution < -0.4 is 10.5 Å². The molecule has 0 radical (unpaired) electrons. The van der Waals surface area contributed by atoms with Gasteiger partial charge in [0, 0.05) is 22.0 Å². The number of sulfonamides is 1. The van der Waals surface area contributed by atoms with E-state index >= 15 is 0 Å². The monoisotopic (exact) mass is 310 g/mol. The summed E-state index contributed by atoms with van der Waals surface area (Å²) in [5.41, 5.74) is 2.63. The van der Waals surface area contributed by atoms with Gasteiger partial charge in [0.15, 0.2) is 0 Å². The van der Waals surface area contributed by atoms with Crippen LogP contribution in [0.1, 0.15) is 20.9 Å². The van der Waals surface area contributed by atoms with Crippen LogP contribution in [0.4, 0.5) is 5.69 Å². The maximum absolute atomic E-state index is 11.5. The highest BCUT2D eigenvalue weighted by Gasteiger charge is 2.12. The third kappa shape index (κ3) is 3.39. The van der Waals surface area contributed by atoms with Gasteiger partial charge in [-0.1, -0.05) is 6.07 Å². The molecule has 0 atom stereocenters. The van der Waals surface area contributed by atoms with Crippen molar-refractivity contribution in [2.45, 2.75) is 32.2 Å². The van der Waals surface area contributed by atoms with Crippen molar-refractivity contribution < 1.29 is 8.42 Å². The van der Waals surface area contributed by atoms with E-state index in [4.69, 9.17) is 5.14 Å². The molecule has 0 saturated heterocycles. The predicted octanol–water partition coefficient (Wildman–Crippen LogP) is 2.93. The molecule has 0 fully saturated rings. The smallest absolute Gasteiger partial charge is 0.238 e. The van der Waals surface area contributed by atoms with Gasteiger partial charge in [0.05, 0.1) is 4.90 Å². The first-order valence-corrected chi connectivity index (χ1v) is 8.57. The van der Waals surface area contributed by atoms with Crippen LogP contribution in [0, 0.1) is 20.8 Å². The van der Waals surface area contributed by atoms with Crippen molar-refractivity contribution in [1.29, 1.82) is 0 Å². The second kappa shape index (κ2) is 5.55. The number of aryl methyl sites for hydroxylation is 3. The zero-order valence-corrected chi connectivity index (χ0v) is 13.4. The van der Waals surface area contributed by atoms with Crippen LogP contribution in [0.15, 0.2) is 29.2 Å². The highest BCUT2D eigenvalue weighted by Crippen LogP contribution is 2.23. The normalized spacial score (nSPS) is 11.6.